The highest BCUT2D eigenvalue weighted by Crippen LogP contribution is 2.21. The molecular formula is C21H19N7O2. The number of hydrogen-bond acceptors (Lipinski definition) is 7. The molecule has 1 saturated heterocycles. The van der Waals surface area contributed by atoms with E-state index in [4.69, 9.17) is 4.52 Å². The van der Waals surface area contributed by atoms with E-state index < -0.39 is 0 Å². The molecule has 4 heterocycles. The lowest BCUT2D eigenvalue weighted by molar-refractivity contribution is 0.0736. The molecule has 9 heteroatoms. The number of aromatic nitrogens is 5. The molecule has 0 bridgehead atoms. The van der Waals surface area contributed by atoms with Crippen LogP contribution in [0.4, 0.5) is 5.82 Å². The van der Waals surface area contributed by atoms with Gasteiger partial charge in [0.2, 0.25) is 0 Å². The van der Waals surface area contributed by atoms with Crippen LogP contribution in [0.25, 0.3) is 17.1 Å². The molecule has 1 aliphatic heterocycles. The monoisotopic (exact) mass is 401 g/mol. The van der Waals surface area contributed by atoms with Crippen molar-refractivity contribution in [1.29, 1.82) is 0 Å². The van der Waals surface area contributed by atoms with Crippen molar-refractivity contribution in [2.75, 3.05) is 31.1 Å². The fourth-order valence-corrected chi connectivity index (χ4v) is 3.43. The van der Waals surface area contributed by atoms with Crippen molar-refractivity contribution < 1.29 is 9.32 Å². The fraction of sp³-hybridized carbons (Fsp3) is 0.190. The number of nitrogens with zero attached hydrogens (tertiary/aromatic N) is 7. The Hall–Kier alpha value is -4.01. The van der Waals surface area contributed by atoms with Crippen LogP contribution in [0.5, 0.6) is 0 Å². The molecule has 1 aromatic carbocycles. The highest BCUT2D eigenvalue weighted by molar-refractivity contribution is 5.93. The van der Waals surface area contributed by atoms with Gasteiger partial charge in [-0.15, -0.1) is 10.2 Å². The van der Waals surface area contributed by atoms with Crippen molar-refractivity contribution >= 4 is 11.7 Å². The van der Waals surface area contributed by atoms with Crippen LogP contribution in [0.15, 0.2) is 71.8 Å². The highest BCUT2D eigenvalue weighted by atomic mass is 16.5. The van der Waals surface area contributed by atoms with Gasteiger partial charge in [-0.1, -0.05) is 35.5 Å². The van der Waals surface area contributed by atoms with E-state index in [0.29, 0.717) is 43.5 Å². The molecule has 5 rings (SSSR count). The first-order chi connectivity index (χ1) is 14.8. The van der Waals surface area contributed by atoms with E-state index in [1.54, 1.807) is 28.1 Å². The molecule has 1 amide bonds. The van der Waals surface area contributed by atoms with E-state index in [1.165, 1.54) is 0 Å². The lowest BCUT2D eigenvalue weighted by Gasteiger charge is -2.34. The second-order valence-corrected chi connectivity index (χ2v) is 6.94. The van der Waals surface area contributed by atoms with Gasteiger partial charge in [0.1, 0.15) is 6.33 Å². The van der Waals surface area contributed by atoms with E-state index in [2.05, 4.69) is 25.2 Å². The number of amides is 1. The van der Waals surface area contributed by atoms with Crippen molar-refractivity contribution in [3.05, 3.63) is 72.9 Å². The van der Waals surface area contributed by atoms with E-state index in [0.717, 1.165) is 11.4 Å². The first kappa shape index (κ1) is 18.0. The summed E-state index contributed by atoms with van der Waals surface area (Å²) < 4.78 is 7.16. The third-order valence-electron chi connectivity index (χ3n) is 5.08. The summed E-state index contributed by atoms with van der Waals surface area (Å²) in [5.74, 6) is 1.97. The summed E-state index contributed by atoms with van der Waals surface area (Å²) >= 11 is 0. The first-order valence-corrected chi connectivity index (χ1v) is 9.66. The number of benzene rings is 1. The smallest absolute Gasteiger partial charge is 0.276 e. The van der Waals surface area contributed by atoms with Crippen molar-refractivity contribution in [2.24, 2.45) is 0 Å². The van der Waals surface area contributed by atoms with Gasteiger partial charge in [-0.25, -0.2) is 4.98 Å². The Labute approximate surface area is 172 Å². The lowest BCUT2D eigenvalue weighted by Crippen LogP contribution is -2.49. The molecule has 0 aliphatic carbocycles. The van der Waals surface area contributed by atoms with Crippen LogP contribution >= 0.6 is 0 Å². The molecule has 150 valence electrons. The number of carbonyl (C=O) groups excluding carboxylic acids is 1. The standard InChI is InChI=1S/C21H19N7O2/c29-21(17-14-18(30-25-17)16-4-2-1-3-5-16)27-12-10-26(11-13-27)19-6-7-20(24-23-19)28-9-8-22-15-28/h1-9,14-15H,10-13H2. The highest BCUT2D eigenvalue weighted by Gasteiger charge is 2.25. The van der Waals surface area contributed by atoms with Crippen LogP contribution in [0.2, 0.25) is 0 Å². The van der Waals surface area contributed by atoms with Gasteiger partial charge in [0.15, 0.2) is 23.1 Å². The maximum Gasteiger partial charge on any atom is 0.276 e. The topological polar surface area (TPSA) is 93.2 Å². The molecule has 0 unspecified atom stereocenters. The minimum absolute atomic E-state index is 0.123. The number of anilines is 1. The van der Waals surface area contributed by atoms with Gasteiger partial charge < -0.3 is 14.3 Å². The summed E-state index contributed by atoms with van der Waals surface area (Å²) in [6.07, 6.45) is 5.20. The minimum atomic E-state index is -0.123. The van der Waals surface area contributed by atoms with Gasteiger partial charge in [0.25, 0.3) is 5.91 Å². The molecular weight excluding hydrogens is 382 g/mol. The molecule has 0 spiro atoms. The van der Waals surface area contributed by atoms with Gasteiger partial charge in [-0.2, -0.15) is 0 Å². The van der Waals surface area contributed by atoms with Crippen molar-refractivity contribution in [3.63, 3.8) is 0 Å². The minimum Gasteiger partial charge on any atom is -0.355 e. The Morgan fingerprint density at radius 3 is 2.40 bits per heavy atom. The Morgan fingerprint density at radius 1 is 0.933 bits per heavy atom. The van der Waals surface area contributed by atoms with Gasteiger partial charge in [-0.3, -0.25) is 9.36 Å². The number of piperazine rings is 1. The SMILES string of the molecule is O=C(c1cc(-c2ccccc2)on1)N1CCN(c2ccc(-n3ccnc3)nn2)CC1. The number of rotatable bonds is 4. The number of carbonyl (C=O) groups is 1. The van der Waals surface area contributed by atoms with E-state index in [1.807, 2.05) is 48.7 Å². The summed E-state index contributed by atoms with van der Waals surface area (Å²) in [5, 5.41) is 12.5. The Morgan fingerprint density at radius 2 is 1.70 bits per heavy atom. The van der Waals surface area contributed by atoms with E-state index >= 15 is 0 Å². The Kier molecular flexibility index (Phi) is 4.68. The maximum atomic E-state index is 12.8. The Bertz CT molecular complexity index is 1120. The summed E-state index contributed by atoms with van der Waals surface area (Å²) in [5.41, 5.74) is 1.22. The van der Waals surface area contributed by atoms with Crippen molar-refractivity contribution in [2.45, 2.75) is 0 Å². The molecule has 4 aromatic rings. The molecule has 0 N–H and O–H groups in total. The largest absolute Gasteiger partial charge is 0.355 e. The summed E-state index contributed by atoms with van der Waals surface area (Å²) in [7, 11) is 0. The van der Waals surface area contributed by atoms with Crippen molar-refractivity contribution in [1.82, 2.24) is 29.8 Å². The van der Waals surface area contributed by atoms with E-state index in [9.17, 15) is 4.79 Å². The van der Waals surface area contributed by atoms with Crippen LogP contribution < -0.4 is 4.90 Å². The Balaban J connectivity index is 1.22. The second kappa shape index (κ2) is 7.78. The first-order valence-electron chi connectivity index (χ1n) is 9.66. The quantitative estimate of drug-likeness (QED) is 0.518. The molecule has 0 saturated carbocycles. The second-order valence-electron chi connectivity index (χ2n) is 6.94. The molecule has 1 aliphatic rings. The average Bonchev–Trinajstić information content (AvgIpc) is 3.52. The van der Waals surface area contributed by atoms with Gasteiger partial charge in [0.05, 0.1) is 0 Å². The zero-order valence-electron chi connectivity index (χ0n) is 16.1. The molecule has 0 atom stereocenters. The van der Waals surface area contributed by atoms with Crippen LogP contribution in [0.3, 0.4) is 0 Å². The number of imidazole rings is 1. The zero-order valence-corrected chi connectivity index (χ0v) is 16.1. The van der Waals surface area contributed by atoms with Crippen LogP contribution in [0.1, 0.15) is 10.5 Å². The fourth-order valence-electron chi connectivity index (χ4n) is 3.43. The van der Waals surface area contributed by atoms with Gasteiger partial charge in [-0.05, 0) is 12.1 Å². The molecule has 9 nitrogen and oxygen atoms in total. The van der Waals surface area contributed by atoms with E-state index in [-0.39, 0.29) is 5.91 Å². The normalized spacial score (nSPS) is 14.1. The summed E-state index contributed by atoms with van der Waals surface area (Å²) in [6.45, 7) is 2.51. The number of hydrogen-bond donors (Lipinski definition) is 0. The van der Waals surface area contributed by atoms with Crippen LogP contribution in [0, 0.1) is 0 Å². The van der Waals surface area contributed by atoms with Crippen molar-refractivity contribution in [3.8, 4) is 17.1 Å². The van der Waals surface area contributed by atoms with Gasteiger partial charge in [0, 0.05) is 50.2 Å². The van der Waals surface area contributed by atoms with Crippen LogP contribution in [-0.2, 0) is 0 Å². The average molecular weight is 401 g/mol. The third-order valence-corrected chi connectivity index (χ3v) is 5.08. The summed E-state index contributed by atoms with van der Waals surface area (Å²) in [6, 6.07) is 15.2. The lowest BCUT2D eigenvalue weighted by atomic mass is 10.1. The predicted molar refractivity (Wildman–Crippen MR) is 109 cm³/mol. The molecule has 0 radical (unpaired) electrons. The molecule has 3 aromatic heterocycles. The third kappa shape index (κ3) is 3.52. The molecule has 30 heavy (non-hydrogen) atoms. The molecule has 1 fully saturated rings. The maximum absolute atomic E-state index is 12.8. The zero-order chi connectivity index (χ0) is 20.3. The predicted octanol–water partition coefficient (Wildman–Crippen LogP) is 2.28. The van der Waals surface area contributed by atoms with Gasteiger partial charge >= 0.3 is 0 Å². The summed E-state index contributed by atoms with van der Waals surface area (Å²) in [4.78, 5) is 20.7. The van der Waals surface area contributed by atoms with Crippen LogP contribution in [-0.4, -0.2) is 61.9 Å².